The van der Waals surface area contributed by atoms with Gasteiger partial charge in [0.1, 0.15) is 11.3 Å². The van der Waals surface area contributed by atoms with Crippen LogP contribution in [-0.4, -0.2) is 17.6 Å². The highest BCUT2D eigenvalue weighted by Crippen LogP contribution is 2.16. The maximum absolute atomic E-state index is 12.8. The lowest BCUT2D eigenvalue weighted by Gasteiger charge is -2.11. The minimum atomic E-state index is -0.402. The number of hydrogen-bond acceptors (Lipinski definition) is 3. The summed E-state index contributed by atoms with van der Waals surface area (Å²) in [6, 6.07) is 18.4. The number of hydrogen-bond donors (Lipinski definition) is 1. The predicted octanol–water partition coefficient (Wildman–Crippen LogP) is 3.72. The number of carbonyl (C=O) groups excluding carboxylic acids is 1. The van der Waals surface area contributed by atoms with Crippen molar-refractivity contribution in [1.82, 2.24) is 4.57 Å². The van der Waals surface area contributed by atoms with Crippen molar-refractivity contribution in [3.05, 3.63) is 93.9 Å². The Morgan fingerprint density at radius 3 is 2.67 bits per heavy atom. The molecule has 3 aromatic rings. The molecular weight excluding hydrogens is 340 g/mol. The van der Waals surface area contributed by atoms with Gasteiger partial charge in [-0.05, 0) is 47.9 Å². The Balaban J connectivity index is 1.86. The topological polar surface area (TPSA) is 60.3 Å². The van der Waals surface area contributed by atoms with Crippen LogP contribution in [0.15, 0.2) is 71.7 Å². The molecule has 0 aliphatic rings. The second-order valence-electron chi connectivity index (χ2n) is 6.17. The molecule has 0 unspecified atom stereocenters. The van der Waals surface area contributed by atoms with Crippen molar-refractivity contribution in [3.8, 4) is 5.75 Å². The van der Waals surface area contributed by atoms with E-state index in [0.29, 0.717) is 6.54 Å². The Morgan fingerprint density at radius 2 is 1.89 bits per heavy atom. The molecule has 5 heteroatoms. The van der Waals surface area contributed by atoms with Gasteiger partial charge in [0.25, 0.3) is 11.5 Å². The summed E-state index contributed by atoms with van der Waals surface area (Å²) in [6.45, 7) is 2.39. The number of para-hydroxylation sites is 1. The Hall–Kier alpha value is -3.34. The second-order valence-corrected chi connectivity index (χ2v) is 6.17. The zero-order valence-electron chi connectivity index (χ0n) is 15.4. The third-order valence-electron chi connectivity index (χ3n) is 4.40. The minimum Gasteiger partial charge on any atom is -0.497 e. The van der Waals surface area contributed by atoms with E-state index in [2.05, 4.69) is 5.32 Å². The summed E-state index contributed by atoms with van der Waals surface area (Å²) < 4.78 is 6.74. The molecule has 0 atom stereocenters. The number of pyridine rings is 1. The number of nitrogens with zero attached hydrogens (tertiary/aromatic N) is 1. The Labute approximate surface area is 158 Å². The van der Waals surface area contributed by atoms with Crippen molar-refractivity contribution in [3.63, 3.8) is 0 Å². The van der Waals surface area contributed by atoms with Gasteiger partial charge in [-0.15, -0.1) is 0 Å². The molecule has 27 heavy (non-hydrogen) atoms. The number of nitrogens with one attached hydrogen (secondary N) is 1. The number of rotatable bonds is 6. The number of aryl methyl sites for hydroxylation is 1. The van der Waals surface area contributed by atoms with E-state index < -0.39 is 5.91 Å². The highest BCUT2D eigenvalue weighted by Gasteiger charge is 2.14. The fraction of sp³-hybridized carbons (Fsp3) is 0.182. The van der Waals surface area contributed by atoms with Gasteiger partial charge in [0.05, 0.1) is 13.7 Å². The van der Waals surface area contributed by atoms with Gasteiger partial charge in [0.15, 0.2) is 0 Å². The molecule has 0 bridgehead atoms. The van der Waals surface area contributed by atoms with Crippen molar-refractivity contribution < 1.29 is 9.53 Å². The fourth-order valence-electron chi connectivity index (χ4n) is 2.94. The van der Waals surface area contributed by atoms with E-state index in [4.69, 9.17) is 4.74 Å². The maximum Gasteiger partial charge on any atom is 0.263 e. The average molecular weight is 362 g/mol. The largest absolute Gasteiger partial charge is 0.497 e. The molecule has 1 amide bonds. The molecule has 0 saturated heterocycles. The molecule has 0 spiro atoms. The molecule has 2 aromatic carbocycles. The van der Waals surface area contributed by atoms with Gasteiger partial charge in [0, 0.05) is 11.9 Å². The van der Waals surface area contributed by atoms with Crippen molar-refractivity contribution >= 4 is 11.6 Å². The zero-order valence-corrected chi connectivity index (χ0v) is 15.4. The maximum atomic E-state index is 12.8. The van der Waals surface area contributed by atoms with E-state index in [1.165, 1.54) is 4.57 Å². The molecule has 0 radical (unpaired) electrons. The monoisotopic (exact) mass is 362 g/mol. The molecular formula is C22H22N2O3. The smallest absolute Gasteiger partial charge is 0.263 e. The fourth-order valence-corrected chi connectivity index (χ4v) is 2.94. The van der Waals surface area contributed by atoms with Crippen LogP contribution in [0.4, 0.5) is 5.69 Å². The lowest BCUT2D eigenvalue weighted by molar-refractivity contribution is 0.102. The van der Waals surface area contributed by atoms with Crippen LogP contribution in [0.25, 0.3) is 0 Å². The predicted molar refractivity (Wildman–Crippen MR) is 107 cm³/mol. The summed E-state index contributed by atoms with van der Waals surface area (Å²) in [4.78, 5) is 25.4. The molecule has 0 aliphatic carbocycles. The third-order valence-corrected chi connectivity index (χ3v) is 4.40. The number of anilines is 1. The van der Waals surface area contributed by atoms with Crippen LogP contribution in [0.5, 0.6) is 5.75 Å². The minimum absolute atomic E-state index is 0.117. The van der Waals surface area contributed by atoms with Crippen molar-refractivity contribution in [1.29, 1.82) is 0 Å². The van der Waals surface area contributed by atoms with Crippen LogP contribution in [0.3, 0.4) is 0 Å². The molecule has 138 valence electrons. The molecule has 1 heterocycles. The highest BCUT2D eigenvalue weighted by molar-refractivity contribution is 6.04. The van der Waals surface area contributed by atoms with E-state index in [1.54, 1.807) is 25.4 Å². The molecule has 0 saturated carbocycles. The van der Waals surface area contributed by atoms with Gasteiger partial charge in [-0.25, -0.2) is 0 Å². The van der Waals surface area contributed by atoms with Crippen LogP contribution >= 0.6 is 0 Å². The zero-order chi connectivity index (χ0) is 19.2. The molecule has 0 fully saturated rings. The van der Waals surface area contributed by atoms with E-state index in [-0.39, 0.29) is 11.1 Å². The summed E-state index contributed by atoms with van der Waals surface area (Å²) in [5, 5.41) is 2.86. The number of methoxy groups -OCH3 is 1. The first kappa shape index (κ1) is 18.5. The molecule has 3 rings (SSSR count). The average Bonchev–Trinajstić information content (AvgIpc) is 2.70. The third kappa shape index (κ3) is 4.26. The highest BCUT2D eigenvalue weighted by atomic mass is 16.5. The molecule has 1 aromatic heterocycles. The van der Waals surface area contributed by atoms with Gasteiger partial charge < -0.3 is 14.6 Å². The summed E-state index contributed by atoms with van der Waals surface area (Å²) in [5.74, 6) is 0.325. The summed E-state index contributed by atoms with van der Waals surface area (Å²) in [7, 11) is 1.60. The number of amides is 1. The molecule has 0 aliphatic heterocycles. The first-order valence-corrected chi connectivity index (χ1v) is 8.84. The van der Waals surface area contributed by atoms with Gasteiger partial charge in [0.2, 0.25) is 0 Å². The van der Waals surface area contributed by atoms with Crippen LogP contribution < -0.4 is 15.6 Å². The molecule has 1 N–H and O–H groups in total. The lowest BCUT2D eigenvalue weighted by Crippen LogP contribution is -2.29. The van der Waals surface area contributed by atoms with E-state index >= 15 is 0 Å². The van der Waals surface area contributed by atoms with Crippen molar-refractivity contribution in [2.24, 2.45) is 0 Å². The number of benzene rings is 2. The second kappa shape index (κ2) is 8.36. The van der Waals surface area contributed by atoms with Crippen LogP contribution in [0.2, 0.25) is 0 Å². The first-order valence-electron chi connectivity index (χ1n) is 8.84. The summed E-state index contributed by atoms with van der Waals surface area (Å²) >= 11 is 0. The summed E-state index contributed by atoms with van der Waals surface area (Å²) in [5.41, 5.74) is 2.47. The van der Waals surface area contributed by atoms with E-state index in [0.717, 1.165) is 29.0 Å². The Bertz CT molecular complexity index is 1010. The lowest BCUT2D eigenvalue weighted by atomic mass is 10.1. The number of carbonyl (C=O) groups is 1. The van der Waals surface area contributed by atoms with Gasteiger partial charge in [-0.1, -0.05) is 37.3 Å². The van der Waals surface area contributed by atoms with Crippen LogP contribution in [-0.2, 0) is 13.0 Å². The number of ether oxygens (including phenoxy) is 1. The van der Waals surface area contributed by atoms with E-state index in [1.807, 2.05) is 55.5 Å². The van der Waals surface area contributed by atoms with Crippen molar-refractivity contribution in [2.45, 2.75) is 19.9 Å². The first-order chi connectivity index (χ1) is 13.1. The summed E-state index contributed by atoms with van der Waals surface area (Å²) in [6.07, 6.45) is 2.48. The van der Waals surface area contributed by atoms with Crippen molar-refractivity contribution in [2.75, 3.05) is 12.4 Å². The quantitative estimate of drug-likeness (QED) is 0.727. The Kier molecular flexibility index (Phi) is 5.71. The van der Waals surface area contributed by atoms with Gasteiger partial charge in [-0.3, -0.25) is 9.59 Å². The van der Waals surface area contributed by atoms with E-state index in [9.17, 15) is 9.59 Å². The van der Waals surface area contributed by atoms with Crippen LogP contribution in [0.1, 0.15) is 28.4 Å². The van der Waals surface area contributed by atoms with Crippen LogP contribution in [0, 0.1) is 0 Å². The molecule has 5 nitrogen and oxygen atoms in total. The normalized spacial score (nSPS) is 10.4. The SMILES string of the molecule is CCc1ccccc1NC(=O)c1cccn(Cc2cccc(OC)c2)c1=O. The Morgan fingerprint density at radius 1 is 1.07 bits per heavy atom. The standard InChI is InChI=1S/C22H22N2O3/c1-3-17-9-4-5-12-20(17)23-21(25)19-11-7-13-24(22(19)26)15-16-8-6-10-18(14-16)27-2/h4-14H,3,15H2,1-2H3,(H,23,25). The number of aromatic nitrogens is 1. The van der Waals surface area contributed by atoms with Gasteiger partial charge >= 0.3 is 0 Å². The van der Waals surface area contributed by atoms with Gasteiger partial charge in [-0.2, -0.15) is 0 Å².